The summed E-state index contributed by atoms with van der Waals surface area (Å²) in [5.41, 5.74) is 4.83. The van der Waals surface area contributed by atoms with Crippen LogP contribution in [0.3, 0.4) is 0 Å². The van der Waals surface area contributed by atoms with Crippen LogP contribution in [-0.4, -0.2) is 38.0 Å². The number of ether oxygens (including phenoxy) is 1. The summed E-state index contributed by atoms with van der Waals surface area (Å²) in [5, 5.41) is 11.7. The third-order valence-electron chi connectivity index (χ3n) is 5.25. The highest BCUT2D eigenvalue weighted by molar-refractivity contribution is 6.05. The lowest BCUT2D eigenvalue weighted by molar-refractivity contribution is 0.0519. The van der Waals surface area contributed by atoms with Gasteiger partial charge in [-0.25, -0.2) is 9.48 Å². The first kappa shape index (κ1) is 22.0. The lowest BCUT2D eigenvalue weighted by atomic mass is 10.1. The molecule has 1 amide bonds. The molecule has 8 heteroatoms. The lowest BCUT2D eigenvalue weighted by Gasteiger charge is -2.08. The zero-order valence-corrected chi connectivity index (χ0v) is 18.8. The lowest BCUT2D eigenvalue weighted by Crippen LogP contribution is -2.14. The van der Waals surface area contributed by atoms with Crippen LogP contribution in [-0.2, 0) is 11.3 Å². The van der Waals surface area contributed by atoms with E-state index in [2.05, 4.69) is 15.5 Å². The number of hydrogen-bond donors (Lipinski definition) is 1. The van der Waals surface area contributed by atoms with E-state index in [1.807, 2.05) is 61.0 Å². The van der Waals surface area contributed by atoms with Crippen molar-refractivity contribution >= 4 is 17.6 Å². The number of aryl methyl sites for hydroxylation is 1. The molecule has 168 valence electrons. The maximum absolute atomic E-state index is 13.0. The van der Waals surface area contributed by atoms with Crippen LogP contribution >= 0.6 is 0 Å². The average molecular weight is 444 g/mol. The molecule has 0 radical (unpaired) electrons. The van der Waals surface area contributed by atoms with Gasteiger partial charge in [0.05, 0.1) is 30.1 Å². The summed E-state index contributed by atoms with van der Waals surface area (Å²) < 4.78 is 8.40. The molecule has 0 saturated carbocycles. The van der Waals surface area contributed by atoms with Gasteiger partial charge < -0.3 is 10.1 Å². The first-order chi connectivity index (χ1) is 16.0. The molecule has 0 saturated heterocycles. The number of benzene rings is 2. The van der Waals surface area contributed by atoms with E-state index in [0.717, 1.165) is 16.9 Å². The van der Waals surface area contributed by atoms with Gasteiger partial charge in [0.15, 0.2) is 5.69 Å². The molecule has 0 spiro atoms. The number of nitrogens with one attached hydrogen (secondary N) is 1. The Morgan fingerprint density at radius 3 is 2.39 bits per heavy atom. The number of carbonyl (C=O) groups is 2. The Bertz CT molecular complexity index is 1270. The van der Waals surface area contributed by atoms with Crippen LogP contribution in [0, 0.1) is 13.8 Å². The van der Waals surface area contributed by atoms with Gasteiger partial charge in [-0.05, 0) is 56.7 Å². The van der Waals surface area contributed by atoms with Crippen molar-refractivity contribution in [1.82, 2.24) is 19.6 Å². The van der Waals surface area contributed by atoms with Crippen molar-refractivity contribution < 1.29 is 14.3 Å². The van der Waals surface area contributed by atoms with E-state index in [0.29, 0.717) is 30.1 Å². The van der Waals surface area contributed by atoms with Crippen LogP contribution < -0.4 is 5.32 Å². The van der Waals surface area contributed by atoms with Crippen LogP contribution in [0.1, 0.15) is 44.7 Å². The summed E-state index contributed by atoms with van der Waals surface area (Å²) in [6, 6.07) is 18.8. The van der Waals surface area contributed by atoms with Crippen LogP contribution in [0.5, 0.6) is 0 Å². The van der Waals surface area contributed by atoms with Gasteiger partial charge in [0.25, 0.3) is 5.91 Å². The summed E-state index contributed by atoms with van der Waals surface area (Å²) in [6.07, 6.45) is 1.69. The Kier molecular flexibility index (Phi) is 6.35. The second-order valence-corrected chi connectivity index (χ2v) is 7.56. The van der Waals surface area contributed by atoms with Crippen molar-refractivity contribution in [2.24, 2.45) is 0 Å². The Hall–Kier alpha value is -4.20. The van der Waals surface area contributed by atoms with E-state index in [4.69, 9.17) is 4.74 Å². The van der Waals surface area contributed by atoms with E-state index in [1.54, 1.807) is 36.0 Å². The summed E-state index contributed by atoms with van der Waals surface area (Å²) in [5.74, 6) is -0.667. The van der Waals surface area contributed by atoms with Gasteiger partial charge in [-0.1, -0.05) is 30.3 Å². The van der Waals surface area contributed by atoms with Gasteiger partial charge in [0.2, 0.25) is 0 Å². The fraction of sp³-hybridized carbons (Fsp3) is 0.200. The highest BCUT2D eigenvalue weighted by Gasteiger charge is 2.19. The maximum atomic E-state index is 13.0. The Morgan fingerprint density at radius 2 is 1.70 bits per heavy atom. The van der Waals surface area contributed by atoms with Crippen LogP contribution in [0.15, 0.2) is 66.9 Å². The topological polar surface area (TPSA) is 91.0 Å². The van der Waals surface area contributed by atoms with Crippen molar-refractivity contribution in [1.29, 1.82) is 0 Å². The Labute approximate surface area is 191 Å². The fourth-order valence-electron chi connectivity index (χ4n) is 3.61. The second kappa shape index (κ2) is 9.52. The van der Waals surface area contributed by atoms with Gasteiger partial charge >= 0.3 is 5.97 Å². The number of anilines is 1. The number of carbonyl (C=O) groups excluding carboxylic acids is 2. The highest BCUT2D eigenvalue weighted by Crippen LogP contribution is 2.19. The highest BCUT2D eigenvalue weighted by atomic mass is 16.5. The smallest absolute Gasteiger partial charge is 0.358 e. The number of amides is 1. The number of rotatable bonds is 7. The number of esters is 1. The molecule has 2 heterocycles. The summed E-state index contributed by atoms with van der Waals surface area (Å²) in [6.45, 7) is 6.39. The van der Waals surface area contributed by atoms with Gasteiger partial charge in [-0.2, -0.15) is 10.2 Å². The fourth-order valence-corrected chi connectivity index (χ4v) is 3.61. The van der Waals surface area contributed by atoms with Crippen molar-refractivity contribution in [2.75, 3.05) is 11.9 Å². The predicted molar refractivity (Wildman–Crippen MR) is 125 cm³/mol. The quantitative estimate of drug-likeness (QED) is 0.433. The van der Waals surface area contributed by atoms with Crippen molar-refractivity contribution in [2.45, 2.75) is 27.3 Å². The molecule has 4 aromatic rings. The minimum absolute atomic E-state index is 0.208. The molecule has 2 aromatic heterocycles. The first-order valence-electron chi connectivity index (χ1n) is 10.7. The molecule has 0 unspecified atom stereocenters. The summed E-state index contributed by atoms with van der Waals surface area (Å²) in [7, 11) is 0. The van der Waals surface area contributed by atoms with E-state index in [-0.39, 0.29) is 11.6 Å². The monoisotopic (exact) mass is 443 g/mol. The zero-order valence-electron chi connectivity index (χ0n) is 18.8. The molecule has 33 heavy (non-hydrogen) atoms. The third-order valence-corrected chi connectivity index (χ3v) is 5.25. The van der Waals surface area contributed by atoms with Gasteiger partial charge in [0, 0.05) is 17.6 Å². The van der Waals surface area contributed by atoms with Crippen molar-refractivity contribution in [3.8, 4) is 5.69 Å². The normalized spacial score (nSPS) is 10.8. The average Bonchev–Trinajstić information content (AvgIpc) is 3.40. The van der Waals surface area contributed by atoms with E-state index >= 15 is 0 Å². The standard InChI is InChI=1S/C25H25N5O3/c1-4-33-25(32)22-14-15-29(28-22)21-12-10-20(11-13-21)26-24(31)23-17(2)27-30(18(23)3)16-19-8-6-5-7-9-19/h5-15H,4,16H2,1-3H3,(H,26,31). The molecule has 4 rings (SSSR count). The largest absolute Gasteiger partial charge is 0.461 e. The number of nitrogens with zero attached hydrogens (tertiary/aromatic N) is 4. The van der Waals surface area contributed by atoms with Crippen LogP contribution in [0.4, 0.5) is 5.69 Å². The SMILES string of the molecule is CCOC(=O)c1ccn(-c2ccc(NC(=O)c3c(C)nn(Cc4ccccc4)c3C)cc2)n1. The summed E-state index contributed by atoms with van der Waals surface area (Å²) >= 11 is 0. The minimum atomic E-state index is -0.460. The molecule has 1 N–H and O–H groups in total. The zero-order chi connectivity index (χ0) is 23.4. The van der Waals surface area contributed by atoms with Gasteiger partial charge in [0.1, 0.15) is 0 Å². The molecule has 0 aliphatic rings. The van der Waals surface area contributed by atoms with Crippen molar-refractivity contribution in [3.05, 3.63) is 95.1 Å². The van der Waals surface area contributed by atoms with E-state index < -0.39 is 5.97 Å². The number of hydrogen-bond acceptors (Lipinski definition) is 5. The third kappa shape index (κ3) is 4.85. The van der Waals surface area contributed by atoms with E-state index in [9.17, 15) is 9.59 Å². The predicted octanol–water partition coefficient (Wildman–Crippen LogP) is 4.16. The molecule has 0 atom stereocenters. The Morgan fingerprint density at radius 1 is 0.970 bits per heavy atom. The minimum Gasteiger partial charge on any atom is -0.461 e. The summed E-state index contributed by atoms with van der Waals surface area (Å²) in [4.78, 5) is 24.8. The Balaban J connectivity index is 1.47. The molecule has 0 bridgehead atoms. The van der Waals surface area contributed by atoms with Crippen LogP contribution in [0.2, 0.25) is 0 Å². The van der Waals surface area contributed by atoms with Gasteiger partial charge in [-0.3, -0.25) is 9.48 Å². The number of aromatic nitrogens is 4. The van der Waals surface area contributed by atoms with Crippen LogP contribution in [0.25, 0.3) is 5.69 Å². The maximum Gasteiger partial charge on any atom is 0.358 e. The van der Waals surface area contributed by atoms with E-state index in [1.165, 1.54) is 0 Å². The molecular formula is C25H25N5O3. The molecule has 0 fully saturated rings. The molecule has 2 aromatic carbocycles. The van der Waals surface area contributed by atoms with Crippen molar-refractivity contribution in [3.63, 3.8) is 0 Å². The molecule has 0 aliphatic heterocycles. The molecule has 0 aliphatic carbocycles. The van der Waals surface area contributed by atoms with Gasteiger partial charge in [-0.15, -0.1) is 0 Å². The molecule has 8 nitrogen and oxygen atoms in total. The molecular weight excluding hydrogens is 418 g/mol. The second-order valence-electron chi connectivity index (χ2n) is 7.56. The first-order valence-corrected chi connectivity index (χ1v) is 10.7.